The van der Waals surface area contributed by atoms with Gasteiger partial charge in [0.25, 0.3) is 0 Å². The molecule has 0 aromatic rings. The molecule has 1 saturated carbocycles. The summed E-state index contributed by atoms with van der Waals surface area (Å²) in [5.41, 5.74) is 0.320. The first-order valence-corrected chi connectivity index (χ1v) is 10.7. The number of likely N-dealkylation sites (tertiary alicyclic amines) is 2. The van der Waals surface area contributed by atoms with E-state index in [2.05, 4.69) is 11.8 Å². The van der Waals surface area contributed by atoms with Crippen LogP contribution in [0.4, 0.5) is 9.59 Å². The van der Waals surface area contributed by atoms with E-state index in [0.717, 1.165) is 51.9 Å². The molecule has 4 aliphatic rings. The van der Waals surface area contributed by atoms with Crippen LogP contribution in [-0.2, 0) is 9.47 Å². The first-order valence-electron chi connectivity index (χ1n) is 10.7. The summed E-state index contributed by atoms with van der Waals surface area (Å²) in [7, 11) is 0. The zero-order valence-corrected chi connectivity index (χ0v) is 16.7. The van der Waals surface area contributed by atoms with Crippen LogP contribution in [0.25, 0.3) is 0 Å². The van der Waals surface area contributed by atoms with Gasteiger partial charge in [0, 0.05) is 38.3 Å². The molecule has 0 N–H and O–H groups in total. The summed E-state index contributed by atoms with van der Waals surface area (Å²) in [6.45, 7) is 8.81. The highest BCUT2D eigenvalue weighted by Gasteiger charge is 2.52. The standard InChI is InChI=1S/C20H33N3O4/c1-3-15-13-27-19(25)23(15)16-5-8-21(9-6-16)17-11-20(12-17)7-10-22(14-20)18(24)26-4-2/h15-17H,3-14H2,1-2H3. The first kappa shape index (κ1) is 18.8. The Labute approximate surface area is 161 Å². The third-order valence-electron chi connectivity index (χ3n) is 7.19. The number of amides is 2. The lowest BCUT2D eigenvalue weighted by molar-refractivity contribution is -0.0139. The molecule has 7 nitrogen and oxygen atoms in total. The molecule has 3 heterocycles. The van der Waals surface area contributed by atoms with E-state index >= 15 is 0 Å². The summed E-state index contributed by atoms with van der Waals surface area (Å²) in [6.07, 6.45) is 6.28. The molecular weight excluding hydrogens is 346 g/mol. The molecule has 3 saturated heterocycles. The van der Waals surface area contributed by atoms with E-state index in [0.29, 0.717) is 30.7 Å². The zero-order valence-electron chi connectivity index (χ0n) is 16.7. The second kappa shape index (κ2) is 7.49. The third kappa shape index (κ3) is 3.50. The van der Waals surface area contributed by atoms with E-state index in [4.69, 9.17) is 9.47 Å². The van der Waals surface area contributed by atoms with Crippen LogP contribution < -0.4 is 0 Å². The van der Waals surface area contributed by atoms with Gasteiger partial charge in [-0.15, -0.1) is 0 Å². The Hall–Kier alpha value is -1.50. The van der Waals surface area contributed by atoms with Crippen molar-refractivity contribution >= 4 is 12.2 Å². The van der Waals surface area contributed by atoms with Crippen molar-refractivity contribution in [3.05, 3.63) is 0 Å². The van der Waals surface area contributed by atoms with Crippen molar-refractivity contribution in [3.8, 4) is 0 Å². The SMILES string of the molecule is CCOC(=O)N1CCC2(CC(N3CCC(N4C(=O)OCC4CC)CC3)C2)C1. The van der Waals surface area contributed by atoms with E-state index in [-0.39, 0.29) is 18.2 Å². The average molecular weight is 380 g/mol. The Kier molecular flexibility index (Phi) is 5.23. The largest absolute Gasteiger partial charge is 0.450 e. The summed E-state index contributed by atoms with van der Waals surface area (Å²) in [6, 6.07) is 1.23. The molecule has 1 atom stereocenters. The van der Waals surface area contributed by atoms with E-state index in [1.807, 2.05) is 16.7 Å². The highest BCUT2D eigenvalue weighted by atomic mass is 16.6. The lowest BCUT2D eigenvalue weighted by atomic mass is 9.64. The van der Waals surface area contributed by atoms with Crippen molar-refractivity contribution in [3.63, 3.8) is 0 Å². The van der Waals surface area contributed by atoms with E-state index in [1.54, 1.807) is 0 Å². The number of hydrogen-bond donors (Lipinski definition) is 0. The summed E-state index contributed by atoms with van der Waals surface area (Å²) >= 11 is 0. The predicted octanol–water partition coefficient (Wildman–Crippen LogP) is 2.69. The second-order valence-electron chi connectivity index (χ2n) is 8.75. The topological polar surface area (TPSA) is 62.3 Å². The number of rotatable bonds is 4. The molecule has 3 aliphatic heterocycles. The van der Waals surface area contributed by atoms with Gasteiger partial charge in [-0.05, 0) is 50.9 Å². The van der Waals surface area contributed by atoms with Crippen LogP contribution in [0, 0.1) is 5.41 Å². The predicted molar refractivity (Wildman–Crippen MR) is 101 cm³/mol. The van der Waals surface area contributed by atoms with Gasteiger partial charge in [-0.3, -0.25) is 4.90 Å². The minimum atomic E-state index is -0.151. The van der Waals surface area contributed by atoms with Crippen LogP contribution in [0.5, 0.6) is 0 Å². The fourth-order valence-corrected chi connectivity index (χ4v) is 5.60. The van der Waals surface area contributed by atoms with Gasteiger partial charge >= 0.3 is 12.2 Å². The average Bonchev–Trinajstić information content (AvgIpc) is 3.25. The minimum Gasteiger partial charge on any atom is -0.450 e. The maximum atomic E-state index is 12.1. The molecule has 152 valence electrons. The van der Waals surface area contributed by atoms with Crippen molar-refractivity contribution in [2.24, 2.45) is 5.41 Å². The van der Waals surface area contributed by atoms with Crippen LogP contribution in [0.1, 0.15) is 52.4 Å². The van der Waals surface area contributed by atoms with Gasteiger partial charge in [0.05, 0.1) is 12.6 Å². The normalized spacial score (nSPS) is 34.8. The van der Waals surface area contributed by atoms with Gasteiger partial charge in [-0.1, -0.05) is 6.92 Å². The Bertz CT molecular complexity index is 570. The number of hydrogen-bond acceptors (Lipinski definition) is 5. The molecular formula is C20H33N3O4. The number of cyclic esters (lactones) is 1. The Balaban J connectivity index is 1.24. The molecule has 1 spiro atoms. The summed E-state index contributed by atoms with van der Waals surface area (Å²) in [4.78, 5) is 30.5. The Morgan fingerprint density at radius 2 is 1.93 bits per heavy atom. The van der Waals surface area contributed by atoms with Gasteiger partial charge in [0.1, 0.15) is 6.61 Å². The molecule has 4 rings (SSSR count). The highest BCUT2D eigenvalue weighted by molar-refractivity contribution is 5.70. The highest BCUT2D eigenvalue weighted by Crippen LogP contribution is 2.50. The Morgan fingerprint density at radius 3 is 2.59 bits per heavy atom. The van der Waals surface area contributed by atoms with Crippen molar-refractivity contribution < 1.29 is 19.1 Å². The quantitative estimate of drug-likeness (QED) is 0.752. The number of piperidine rings is 1. The lowest BCUT2D eigenvalue weighted by Crippen LogP contribution is -2.56. The van der Waals surface area contributed by atoms with Crippen LogP contribution in [0.15, 0.2) is 0 Å². The summed E-state index contributed by atoms with van der Waals surface area (Å²) in [5, 5.41) is 0. The van der Waals surface area contributed by atoms with Crippen LogP contribution in [0.3, 0.4) is 0 Å². The number of nitrogens with zero attached hydrogens (tertiary/aromatic N) is 3. The third-order valence-corrected chi connectivity index (χ3v) is 7.19. The van der Waals surface area contributed by atoms with Crippen molar-refractivity contribution in [2.45, 2.75) is 70.5 Å². The maximum absolute atomic E-state index is 12.1. The minimum absolute atomic E-state index is 0.118. The van der Waals surface area contributed by atoms with E-state index in [1.165, 1.54) is 12.8 Å². The van der Waals surface area contributed by atoms with Gasteiger partial charge in [-0.2, -0.15) is 0 Å². The van der Waals surface area contributed by atoms with E-state index < -0.39 is 0 Å². The fraction of sp³-hybridized carbons (Fsp3) is 0.900. The number of carbonyl (C=O) groups excluding carboxylic acids is 2. The maximum Gasteiger partial charge on any atom is 0.410 e. The first-order chi connectivity index (χ1) is 13.0. The molecule has 7 heteroatoms. The van der Waals surface area contributed by atoms with Crippen molar-refractivity contribution in [1.82, 2.24) is 14.7 Å². The molecule has 0 bridgehead atoms. The Morgan fingerprint density at radius 1 is 1.19 bits per heavy atom. The van der Waals surface area contributed by atoms with Gasteiger partial charge in [0.2, 0.25) is 0 Å². The molecule has 27 heavy (non-hydrogen) atoms. The van der Waals surface area contributed by atoms with E-state index in [9.17, 15) is 9.59 Å². The number of carbonyl (C=O) groups is 2. The smallest absolute Gasteiger partial charge is 0.410 e. The monoisotopic (exact) mass is 379 g/mol. The van der Waals surface area contributed by atoms with Gasteiger partial charge in [-0.25, -0.2) is 9.59 Å². The fourth-order valence-electron chi connectivity index (χ4n) is 5.60. The molecule has 1 aliphatic carbocycles. The molecule has 0 radical (unpaired) electrons. The second-order valence-corrected chi connectivity index (χ2v) is 8.75. The zero-order chi connectivity index (χ0) is 19.0. The van der Waals surface area contributed by atoms with Gasteiger partial charge in [0.15, 0.2) is 0 Å². The lowest BCUT2D eigenvalue weighted by Gasteiger charge is -2.52. The van der Waals surface area contributed by atoms with Crippen LogP contribution in [0.2, 0.25) is 0 Å². The summed E-state index contributed by atoms with van der Waals surface area (Å²) in [5.74, 6) is 0. The molecule has 0 aromatic carbocycles. The summed E-state index contributed by atoms with van der Waals surface area (Å²) < 4.78 is 10.4. The molecule has 4 fully saturated rings. The van der Waals surface area contributed by atoms with Crippen molar-refractivity contribution in [2.75, 3.05) is 39.4 Å². The molecule has 2 amide bonds. The number of ether oxygens (including phenoxy) is 2. The molecule has 1 unspecified atom stereocenters. The van der Waals surface area contributed by atoms with Crippen molar-refractivity contribution in [1.29, 1.82) is 0 Å². The van der Waals surface area contributed by atoms with Crippen LogP contribution in [-0.4, -0.2) is 84.4 Å². The molecule has 0 aromatic heterocycles. The van der Waals surface area contributed by atoms with Crippen LogP contribution >= 0.6 is 0 Å². The van der Waals surface area contributed by atoms with Gasteiger partial charge < -0.3 is 19.3 Å².